The van der Waals surface area contributed by atoms with E-state index in [1.165, 1.54) is 6.07 Å². The molecule has 2 nitrogen and oxygen atoms in total. The lowest BCUT2D eigenvalue weighted by Gasteiger charge is -2.07. The second-order valence-corrected chi connectivity index (χ2v) is 5.22. The van der Waals surface area contributed by atoms with Crippen molar-refractivity contribution in [3.63, 3.8) is 0 Å². The summed E-state index contributed by atoms with van der Waals surface area (Å²) >= 11 is 3.07. The average molecular weight is 337 g/mol. The molecule has 0 spiro atoms. The molecule has 2 aromatic carbocycles. The van der Waals surface area contributed by atoms with Crippen LogP contribution >= 0.6 is 15.9 Å². The summed E-state index contributed by atoms with van der Waals surface area (Å²) in [5, 5.41) is 0. The number of halogens is 2. The van der Waals surface area contributed by atoms with Gasteiger partial charge in [-0.3, -0.25) is 4.79 Å². The van der Waals surface area contributed by atoms with Gasteiger partial charge in [0.25, 0.3) is 0 Å². The molecule has 0 heterocycles. The molecule has 0 amide bonds. The van der Waals surface area contributed by atoms with Crippen LogP contribution in [0.2, 0.25) is 0 Å². The van der Waals surface area contributed by atoms with E-state index in [9.17, 15) is 9.18 Å². The van der Waals surface area contributed by atoms with Gasteiger partial charge in [0.1, 0.15) is 11.6 Å². The van der Waals surface area contributed by atoms with Crippen LogP contribution in [-0.4, -0.2) is 12.9 Å². The highest BCUT2D eigenvalue weighted by Crippen LogP contribution is 2.21. The number of aryl methyl sites for hydroxylation is 1. The number of ether oxygens (including phenoxy) is 1. The minimum absolute atomic E-state index is 0.0812. The first-order valence-electron chi connectivity index (χ1n) is 6.22. The van der Waals surface area contributed by atoms with Crippen molar-refractivity contribution in [2.24, 2.45) is 0 Å². The summed E-state index contributed by atoms with van der Waals surface area (Å²) in [5.41, 5.74) is 1.36. The molecule has 0 radical (unpaired) electrons. The number of carbonyl (C=O) groups excluding carboxylic acids is 1. The Hall–Kier alpha value is -1.68. The Morgan fingerprint density at radius 1 is 1.25 bits per heavy atom. The van der Waals surface area contributed by atoms with E-state index in [1.54, 1.807) is 19.2 Å². The highest BCUT2D eigenvalue weighted by molar-refractivity contribution is 9.10. The van der Waals surface area contributed by atoms with Crippen LogP contribution in [0.5, 0.6) is 5.75 Å². The van der Waals surface area contributed by atoms with Crippen LogP contribution in [0, 0.1) is 5.82 Å². The fourth-order valence-corrected chi connectivity index (χ4v) is 2.22. The largest absolute Gasteiger partial charge is 0.496 e. The zero-order valence-electron chi connectivity index (χ0n) is 11.0. The molecule has 2 rings (SSSR count). The van der Waals surface area contributed by atoms with Gasteiger partial charge in [-0.15, -0.1) is 0 Å². The fraction of sp³-hybridized carbons (Fsp3) is 0.188. The lowest BCUT2D eigenvalue weighted by molar-refractivity contribution is 0.0982. The Labute approximate surface area is 125 Å². The van der Waals surface area contributed by atoms with E-state index in [2.05, 4.69) is 15.9 Å². The van der Waals surface area contributed by atoms with Gasteiger partial charge in [-0.1, -0.05) is 24.3 Å². The van der Waals surface area contributed by atoms with Crippen LogP contribution in [0.4, 0.5) is 4.39 Å². The quantitative estimate of drug-likeness (QED) is 0.756. The maximum absolute atomic E-state index is 13.4. The van der Waals surface area contributed by atoms with E-state index in [0.717, 1.165) is 11.3 Å². The molecular formula is C16H14BrFO2. The lowest BCUT2D eigenvalue weighted by atomic mass is 10.0. The summed E-state index contributed by atoms with van der Waals surface area (Å²) in [7, 11) is 1.60. The Kier molecular flexibility index (Phi) is 4.90. The molecule has 0 aromatic heterocycles. The SMILES string of the molecule is COc1ccccc1CCC(=O)c1ccc(Br)c(F)c1. The van der Waals surface area contributed by atoms with Crippen LogP contribution in [0.3, 0.4) is 0 Å². The van der Waals surface area contributed by atoms with E-state index in [0.29, 0.717) is 22.9 Å². The number of benzene rings is 2. The van der Waals surface area contributed by atoms with Crippen molar-refractivity contribution < 1.29 is 13.9 Å². The van der Waals surface area contributed by atoms with Gasteiger partial charge in [-0.25, -0.2) is 4.39 Å². The minimum atomic E-state index is -0.423. The van der Waals surface area contributed by atoms with Crippen molar-refractivity contribution in [2.45, 2.75) is 12.8 Å². The molecule has 0 saturated heterocycles. The molecular weight excluding hydrogens is 323 g/mol. The highest BCUT2D eigenvalue weighted by Gasteiger charge is 2.10. The molecule has 0 unspecified atom stereocenters. The predicted molar refractivity (Wildman–Crippen MR) is 79.7 cm³/mol. The molecule has 0 aliphatic carbocycles. The van der Waals surface area contributed by atoms with E-state index in [4.69, 9.17) is 4.74 Å². The van der Waals surface area contributed by atoms with Gasteiger partial charge >= 0.3 is 0 Å². The van der Waals surface area contributed by atoms with Crippen LogP contribution in [0.1, 0.15) is 22.3 Å². The van der Waals surface area contributed by atoms with Crippen LogP contribution in [0.15, 0.2) is 46.9 Å². The molecule has 0 aliphatic heterocycles. The third kappa shape index (κ3) is 3.45. The zero-order valence-corrected chi connectivity index (χ0v) is 12.6. The van der Waals surface area contributed by atoms with Crippen molar-refractivity contribution >= 4 is 21.7 Å². The van der Waals surface area contributed by atoms with E-state index in [1.807, 2.05) is 24.3 Å². The van der Waals surface area contributed by atoms with Crippen LogP contribution in [-0.2, 0) is 6.42 Å². The maximum Gasteiger partial charge on any atom is 0.163 e. The van der Waals surface area contributed by atoms with Gasteiger partial charge in [0, 0.05) is 12.0 Å². The molecule has 4 heteroatoms. The van der Waals surface area contributed by atoms with Gasteiger partial charge in [0.2, 0.25) is 0 Å². The smallest absolute Gasteiger partial charge is 0.163 e. The van der Waals surface area contributed by atoms with Gasteiger partial charge in [0.05, 0.1) is 11.6 Å². The minimum Gasteiger partial charge on any atom is -0.496 e. The summed E-state index contributed by atoms with van der Waals surface area (Å²) in [5.74, 6) is 0.262. The Morgan fingerprint density at radius 3 is 2.70 bits per heavy atom. The molecule has 0 bridgehead atoms. The number of hydrogen-bond donors (Lipinski definition) is 0. The third-order valence-electron chi connectivity index (χ3n) is 3.06. The molecule has 0 N–H and O–H groups in total. The topological polar surface area (TPSA) is 26.3 Å². The second kappa shape index (κ2) is 6.66. The predicted octanol–water partition coefficient (Wildman–Crippen LogP) is 4.41. The number of carbonyl (C=O) groups is 1. The number of hydrogen-bond acceptors (Lipinski definition) is 2. The van der Waals surface area contributed by atoms with E-state index in [-0.39, 0.29) is 5.78 Å². The summed E-state index contributed by atoms with van der Waals surface area (Å²) in [6.45, 7) is 0. The van der Waals surface area contributed by atoms with Crippen molar-refractivity contribution in [1.82, 2.24) is 0 Å². The lowest BCUT2D eigenvalue weighted by Crippen LogP contribution is -2.03. The van der Waals surface area contributed by atoms with E-state index >= 15 is 0 Å². The fourth-order valence-electron chi connectivity index (χ4n) is 1.97. The van der Waals surface area contributed by atoms with Gasteiger partial charge in [0.15, 0.2) is 5.78 Å². The molecule has 0 saturated carbocycles. The van der Waals surface area contributed by atoms with Crippen LogP contribution < -0.4 is 4.74 Å². The Balaban J connectivity index is 2.06. The van der Waals surface area contributed by atoms with Crippen molar-refractivity contribution in [1.29, 1.82) is 0 Å². The monoisotopic (exact) mass is 336 g/mol. The number of Topliss-reactive ketones (excluding diaryl/α,β-unsaturated/α-hetero) is 1. The Morgan fingerprint density at radius 2 is 2.00 bits per heavy atom. The second-order valence-electron chi connectivity index (χ2n) is 4.36. The van der Waals surface area contributed by atoms with Gasteiger partial charge in [-0.2, -0.15) is 0 Å². The molecule has 20 heavy (non-hydrogen) atoms. The van der Waals surface area contributed by atoms with E-state index < -0.39 is 5.82 Å². The summed E-state index contributed by atoms with van der Waals surface area (Å²) in [4.78, 5) is 12.1. The molecule has 2 aromatic rings. The summed E-state index contributed by atoms with van der Waals surface area (Å²) in [6, 6.07) is 12.0. The van der Waals surface area contributed by atoms with Crippen molar-refractivity contribution in [3.05, 3.63) is 63.9 Å². The van der Waals surface area contributed by atoms with Crippen LogP contribution in [0.25, 0.3) is 0 Å². The molecule has 0 aliphatic rings. The van der Waals surface area contributed by atoms with Crippen molar-refractivity contribution in [3.8, 4) is 5.75 Å². The number of rotatable bonds is 5. The van der Waals surface area contributed by atoms with Crippen molar-refractivity contribution in [2.75, 3.05) is 7.11 Å². The number of methoxy groups -OCH3 is 1. The summed E-state index contributed by atoms with van der Waals surface area (Å²) in [6.07, 6.45) is 0.891. The van der Waals surface area contributed by atoms with Gasteiger partial charge < -0.3 is 4.74 Å². The first-order chi connectivity index (χ1) is 9.61. The first kappa shape index (κ1) is 14.7. The average Bonchev–Trinajstić information content (AvgIpc) is 2.47. The molecule has 0 atom stereocenters. The normalized spacial score (nSPS) is 10.3. The van der Waals surface area contributed by atoms with Gasteiger partial charge in [-0.05, 0) is 46.1 Å². The Bertz CT molecular complexity index is 626. The first-order valence-corrected chi connectivity index (χ1v) is 7.01. The molecule has 0 fully saturated rings. The number of para-hydroxylation sites is 1. The third-order valence-corrected chi connectivity index (χ3v) is 3.70. The zero-order chi connectivity index (χ0) is 14.5. The molecule has 104 valence electrons. The maximum atomic E-state index is 13.4. The standard InChI is InChI=1S/C16H14BrFO2/c1-20-16-5-3-2-4-11(16)7-9-15(19)12-6-8-13(17)14(18)10-12/h2-6,8,10H,7,9H2,1H3. The summed E-state index contributed by atoms with van der Waals surface area (Å²) < 4.78 is 19.0. The number of ketones is 1. The highest BCUT2D eigenvalue weighted by atomic mass is 79.9.